The van der Waals surface area contributed by atoms with E-state index in [1.165, 1.54) is 10.6 Å². The predicted octanol–water partition coefficient (Wildman–Crippen LogP) is 4.62. The third-order valence-electron chi connectivity index (χ3n) is 7.38. The number of hydrogen-bond acceptors (Lipinski definition) is 7. The smallest absolute Gasteiger partial charge is 0.355 e. The summed E-state index contributed by atoms with van der Waals surface area (Å²) in [5.74, 6) is -4.36. The Labute approximate surface area is 239 Å². The molecule has 0 radical (unpaired) electrons. The first kappa shape index (κ1) is 28.8. The van der Waals surface area contributed by atoms with Crippen LogP contribution in [0, 0.1) is 24.4 Å². The van der Waals surface area contributed by atoms with Crippen LogP contribution < -0.4 is 10.6 Å². The predicted molar refractivity (Wildman–Crippen MR) is 152 cm³/mol. The summed E-state index contributed by atoms with van der Waals surface area (Å²) in [4.78, 5) is 42.7. The number of benzene rings is 1. The Kier molecular flexibility index (Phi) is 7.48. The van der Waals surface area contributed by atoms with Crippen molar-refractivity contribution < 1.29 is 23.1 Å². The van der Waals surface area contributed by atoms with Gasteiger partial charge >= 0.3 is 5.69 Å². The van der Waals surface area contributed by atoms with E-state index in [0.29, 0.717) is 42.2 Å². The molecule has 1 saturated heterocycles. The van der Waals surface area contributed by atoms with Gasteiger partial charge < -0.3 is 14.9 Å². The minimum atomic E-state index is -1.22. The fourth-order valence-electron chi connectivity index (χ4n) is 5.38. The second-order valence-electron chi connectivity index (χ2n) is 10.6. The molecule has 0 spiro atoms. The van der Waals surface area contributed by atoms with Crippen molar-refractivity contribution in [2.24, 2.45) is 0 Å². The summed E-state index contributed by atoms with van der Waals surface area (Å²) >= 11 is 0. The molecule has 1 atom stereocenters. The number of piperazine rings is 1. The lowest BCUT2D eigenvalue weighted by Gasteiger charge is -2.40. The zero-order valence-electron chi connectivity index (χ0n) is 23.5. The van der Waals surface area contributed by atoms with Crippen LogP contribution in [0.2, 0.25) is 0 Å². The average molecular weight is 579 g/mol. The van der Waals surface area contributed by atoms with Crippen LogP contribution in [0.5, 0.6) is 5.75 Å². The molecule has 5 rings (SSSR count). The van der Waals surface area contributed by atoms with Gasteiger partial charge in [0.25, 0.3) is 0 Å². The molecule has 218 valence electrons. The average Bonchev–Trinajstić information content (AvgIpc) is 2.92. The minimum absolute atomic E-state index is 0.0562. The molecule has 4 heterocycles. The lowest BCUT2D eigenvalue weighted by molar-refractivity contribution is -0.126. The summed E-state index contributed by atoms with van der Waals surface area (Å²) in [6, 6.07) is 3.64. The molecule has 1 aliphatic heterocycles. The molecule has 9 nitrogen and oxygen atoms in total. The highest BCUT2D eigenvalue weighted by atomic mass is 19.1. The number of carbonyl (C=O) groups excluding carboxylic acids is 1. The minimum Gasteiger partial charge on any atom is -0.507 e. The number of hydrogen-bond donors (Lipinski definition) is 1. The Morgan fingerprint density at radius 2 is 1.88 bits per heavy atom. The van der Waals surface area contributed by atoms with E-state index in [-0.39, 0.29) is 41.3 Å². The van der Waals surface area contributed by atoms with E-state index in [1.807, 2.05) is 20.8 Å². The summed E-state index contributed by atoms with van der Waals surface area (Å²) in [7, 11) is 0. The largest absolute Gasteiger partial charge is 0.507 e. The van der Waals surface area contributed by atoms with E-state index >= 15 is 4.39 Å². The zero-order valence-corrected chi connectivity index (χ0v) is 23.5. The lowest BCUT2D eigenvalue weighted by atomic mass is 10.0. The molecule has 4 aromatic rings. The van der Waals surface area contributed by atoms with Crippen LogP contribution in [0.4, 0.5) is 19.0 Å². The second kappa shape index (κ2) is 10.9. The molecule has 12 heteroatoms. The number of aromatic hydroxyl groups is 1. The van der Waals surface area contributed by atoms with Crippen molar-refractivity contribution in [1.82, 2.24) is 24.4 Å². The van der Waals surface area contributed by atoms with Gasteiger partial charge in [-0.05, 0) is 43.5 Å². The van der Waals surface area contributed by atoms with E-state index < -0.39 is 40.1 Å². The molecule has 1 amide bonds. The molecule has 1 aromatic carbocycles. The fraction of sp³-hybridized carbons (Fsp3) is 0.300. The Hall–Kier alpha value is -4.74. The maximum atomic E-state index is 15.8. The van der Waals surface area contributed by atoms with Crippen LogP contribution in [-0.4, -0.2) is 61.1 Å². The van der Waals surface area contributed by atoms with Gasteiger partial charge in [-0.15, -0.1) is 0 Å². The van der Waals surface area contributed by atoms with Crippen molar-refractivity contribution in [1.29, 1.82) is 0 Å². The molecular formula is C30H29F3N6O3. The molecule has 1 N–H and O–H groups in total. The van der Waals surface area contributed by atoms with Crippen LogP contribution >= 0.6 is 0 Å². The normalized spacial score (nSPS) is 15.5. The number of aromatic nitrogens is 4. The fourth-order valence-corrected chi connectivity index (χ4v) is 5.38. The summed E-state index contributed by atoms with van der Waals surface area (Å²) in [6.45, 7) is 11.9. The molecule has 3 aromatic heterocycles. The highest BCUT2D eigenvalue weighted by Crippen LogP contribution is 2.37. The van der Waals surface area contributed by atoms with Gasteiger partial charge in [0.2, 0.25) is 5.91 Å². The molecule has 0 aliphatic carbocycles. The second-order valence-corrected chi connectivity index (χ2v) is 10.6. The SMILES string of the molecule is C=CC(=O)N1CCN(c2nc(=O)n(-c3c(C)ccnc3C(C)C)c3nc(-c4c(O)cc(F)cc4F)c(F)cc23)C(C)C1. The zero-order chi connectivity index (χ0) is 30.5. The molecule has 0 bridgehead atoms. The van der Waals surface area contributed by atoms with Crippen LogP contribution in [0.3, 0.4) is 0 Å². The van der Waals surface area contributed by atoms with Gasteiger partial charge in [-0.1, -0.05) is 20.4 Å². The maximum Gasteiger partial charge on any atom is 0.355 e. The van der Waals surface area contributed by atoms with Gasteiger partial charge in [0.1, 0.15) is 28.9 Å². The monoisotopic (exact) mass is 578 g/mol. The quantitative estimate of drug-likeness (QED) is 0.345. The third-order valence-corrected chi connectivity index (χ3v) is 7.38. The van der Waals surface area contributed by atoms with Gasteiger partial charge in [0, 0.05) is 44.0 Å². The molecule has 1 fully saturated rings. The van der Waals surface area contributed by atoms with Crippen molar-refractivity contribution in [3.05, 3.63) is 82.3 Å². The van der Waals surface area contributed by atoms with Crippen LogP contribution in [-0.2, 0) is 4.79 Å². The summed E-state index contributed by atoms with van der Waals surface area (Å²) in [5, 5.41) is 10.5. The number of halogens is 3. The first-order valence-corrected chi connectivity index (χ1v) is 13.4. The number of carbonyl (C=O) groups is 1. The number of anilines is 1. The van der Waals surface area contributed by atoms with Crippen molar-refractivity contribution in [2.45, 2.75) is 39.7 Å². The number of phenols is 1. The molecule has 1 aliphatic rings. The van der Waals surface area contributed by atoms with E-state index in [1.54, 1.807) is 29.0 Å². The third kappa shape index (κ3) is 4.86. The van der Waals surface area contributed by atoms with E-state index in [9.17, 15) is 23.5 Å². The van der Waals surface area contributed by atoms with Gasteiger partial charge in [-0.3, -0.25) is 9.78 Å². The van der Waals surface area contributed by atoms with E-state index in [0.717, 1.165) is 6.07 Å². The van der Waals surface area contributed by atoms with Gasteiger partial charge in [-0.25, -0.2) is 27.5 Å². The maximum absolute atomic E-state index is 15.8. The molecule has 42 heavy (non-hydrogen) atoms. The molecule has 1 unspecified atom stereocenters. The standard InChI is InChI=1S/C30H29F3N6O3/c1-6-23(41)37-9-10-38(17(5)14-37)28-19-13-21(33)26(24-20(32)11-18(31)12-22(24)40)35-29(19)39(30(42)36-28)27-16(4)7-8-34-25(27)15(2)3/h6-8,11-13,15,17,40H,1,9-10,14H2,2-5H3. The highest BCUT2D eigenvalue weighted by molar-refractivity contribution is 5.91. The Bertz CT molecular complexity index is 1780. The van der Waals surface area contributed by atoms with Crippen LogP contribution in [0.1, 0.15) is 37.9 Å². The summed E-state index contributed by atoms with van der Waals surface area (Å²) in [5.41, 5.74) is -0.429. The number of nitrogens with zero attached hydrogens (tertiary/aromatic N) is 6. The van der Waals surface area contributed by atoms with E-state index in [2.05, 4.69) is 21.5 Å². The first-order chi connectivity index (χ1) is 19.9. The Morgan fingerprint density at radius 3 is 2.52 bits per heavy atom. The van der Waals surface area contributed by atoms with Crippen molar-refractivity contribution in [2.75, 3.05) is 24.5 Å². The van der Waals surface area contributed by atoms with Gasteiger partial charge in [-0.2, -0.15) is 4.98 Å². The number of rotatable bonds is 5. The summed E-state index contributed by atoms with van der Waals surface area (Å²) < 4.78 is 45.7. The number of pyridine rings is 2. The Balaban J connectivity index is 1.84. The van der Waals surface area contributed by atoms with Crippen LogP contribution in [0.15, 0.2) is 47.9 Å². The Morgan fingerprint density at radius 1 is 1.14 bits per heavy atom. The number of phenolic OH excluding ortho intramolecular Hbond substituents is 1. The van der Waals surface area contributed by atoms with Crippen LogP contribution in [0.25, 0.3) is 28.0 Å². The summed E-state index contributed by atoms with van der Waals surface area (Å²) in [6.07, 6.45) is 2.84. The molecule has 0 saturated carbocycles. The topological polar surface area (TPSA) is 104 Å². The van der Waals surface area contributed by atoms with Gasteiger partial charge in [0.05, 0.1) is 22.3 Å². The lowest BCUT2D eigenvalue weighted by Crippen LogP contribution is -2.54. The van der Waals surface area contributed by atoms with Crippen molar-refractivity contribution >= 4 is 22.8 Å². The molecular weight excluding hydrogens is 549 g/mol. The first-order valence-electron chi connectivity index (χ1n) is 13.4. The number of fused-ring (bicyclic) bond motifs is 1. The number of amides is 1. The van der Waals surface area contributed by atoms with Crippen molar-refractivity contribution in [3.63, 3.8) is 0 Å². The van der Waals surface area contributed by atoms with E-state index in [4.69, 9.17) is 0 Å². The number of aryl methyl sites for hydroxylation is 1. The van der Waals surface area contributed by atoms with Gasteiger partial charge in [0.15, 0.2) is 11.5 Å². The van der Waals surface area contributed by atoms with Crippen molar-refractivity contribution in [3.8, 4) is 22.7 Å². The highest BCUT2D eigenvalue weighted by Gasteiger charge is 2.31.